The van der Waals surface area contributed by atoms with Crippen LogP contribution in [0.1, 0.15) is 5.56 Å². The summed E-state index contributed by atoms with van der Waals surface area (Å²) in [5.41, 5.74) is 0.00592. The fourth-order valence-corrected chi connectivity index (χ4v) is 1.73. The smallest absolute Gasteiger partial charge is 0.437 e. The van der Waals surface area contributed by atoms with Gasteiger partial charge in [0, 0.05) is 5.56 Å². The Hall–Kier alpha value is -2.70. The zero-order valence-corrected chi connectivity index (χ0v) is 10.0. The van der Waals surface area contributed by atoms with Crippen LogP contribution in [0.4, 0.5) is 8.78 Å². The van der Waals surface area contributed by atoms with Gasteiger partial charge < -0.3 is 8.83 Å². The summed E-state index contributed by atoms with van der Waals surface area (Å²) in [6.45, 7) is -0.230. The van der Waals surface area contributed by atoms with Crippen LogP contribution in [0.25, 0.3) is 11.7 Å². The van der Waals surface area contributed by atoms with Crippen LogP contribution < -0.4 is 5.76 Å². The molecule has 5 nitrogen and oxygen atoms in total. The van der Waals surface area contributed by atoms with E-state index < -0.39 is 17.4 Å². The minimum Gasteiger partial charge on any atom is -0.459 e. The zero-order chi connectivity index (χ0) is 14.1. The van der Waals surface area contributed by atoms with E-state index in [9.17, 15) is 13.6 Å². The summed E-state index contributed by atoms with van der Waals surface area (Å²) in [6, 6.07) is 6.17. The first kappa shape index (κ1) is 12.3. The second kappa shape index (κ2) is 4.76. The Kier molecular flexibility index (Phi) is 2.94. The molecular weight excluding hydrogens is 270 g/mol. The highest BCUT2D eigenvalue weighted by atomic mass is 19.1. The lowest BCUT2D eigenvalue weighted by molar-refractivity contribution is 0.473. The van der Waals surface area contributed by atoms with Crippen LogP contribution in [0.3, 0.4) is 0 Å². The van der Waals surface area contributed by atoms with Gasteiger partial charge in [-0.3, -0.25) is 0 Å². The van der Waals surface area contributed by atoms with E-state index in [2.05, 4.69) is 5.10 Å². The van der Waals surface area contributed by atoms with Gasteiger partial charge in [-0.15, -0.1) is 5.10 Å². The van der Waals surface area contributed by atoms with Crippen molar-refractivity contribution in [2.45, 2.75) is 6.54 Å². The van der Waals surface area contributed by atoms with Gasteiger partial charge in [0.05, 0.1) is 12.8 Å². The zero-order valence-electron chi connectivity index (χ0n) is 10.0. The highest BCUT2D eigenvalue weighted by Gasteiger charge is 2.14. The summed E-state index contributed by atoms with van der Waals surface area (Å²) in [6.07, 6.45) is 1.40. The van der Waals surface area contributed by atoms with Crippen LogP contribution in [0.15, 0.2) is 50.2 Å². The van der Waals surface area contributed by atoms with Gasteiger partial charge in [0.1, 0.15) is 11.6 Å². The number of hydrogen-bond donors (Lipinski definition) is 0. The maximum Gasteiger partial charge on any atom is 0.437 e. The SMILES string of the molecule is O=c1oc(-c2ccco2)nn1Cc1cc(F)ccc1F. The first-order chi connectivity index (χ1) is 9.63. The van der Waals surface area contributed by atoms with E-state index in [4.69, 9.17) is 8.83 Å². The number of aromatic nitrogens is 2. The van der Waals surface area contributed by atoms with E-state index in [1.165, 1.54) is 6.26 Å². The predicted molar refractivity (Wildman–Crippen MR) is 63.9 cm³/mol. The molecule has 0 aliphatic heterocycles. The molecule has 0 unspecified atom stereocenters. The topological polar surface area (TPSA) is 61.2 Å². The molecule has 0 saturated heterocycles. The first-order valence-electron chi connectivity index (χ1n) is 5.69. The lowest BCUT2D eigenvalue weighted by Crippen LogP contribution is -2.17. The van der Waals surface area contributed by atoms with Crippen molar-refractivity contribution in [3.8, 4) is 11.7 Å². The number of hydrogen-bond acceptors (Lipinski definition) is 4. The van der Waals surface area contributed by atoms with Gasteiger partial charge in [0.25, 0.3) is 5.89 Å². The molecule has 20 heavy (non-hydrogen) atoms. The van der Waals surface area contributed by atoms with Gasteiger partial charge in [-0.25, -0.2) is 13.6 Å². The van der Waals surface area contributed by atoms with Crippen LogP contribution in [-0.2, 0) is 6.54 Å². The Balaban J connectivity index is 1.95. The van der Waals surface area contributed by atoms with E-state index in [1.807, 2.05) is 0 Å². The maximum absolute atomic E-state index is 13.5. The fraction of sp³-hybridized carbons (Fsp3) is 0.0769. The first-order valence-corrected chi connectivity index (χ1v) is 5.69. The molecule has 2 heterocycles. The van der Waals surface area contributed by atoms with Crippen LogP contribution in [-0.4, -0.2) is 9.78 Å². The lowest BCUT2D eigenvalue weighted by Gasteiger charge is -2.01. The average Bonchev–Trinajstić information content (AvgIpc) is 3.04. The third kappa shape index (κ3) is 2.25. The van der Waals surface area contributed by atoms with Crippen LogP contribution in [0, 0.1) is 11.6 Å². The maximum atomic E-state index is 13.5. The second-order valence-electron chi connectivity index (χ2n) is 4.04. The molecule has 0 amide bonds. The van der Waals surface area contributed by atoms with Gasteiger partial charge >= 0.3 is 5.76 Å². The van der Waals surface area contributed by atoms with Gasteiger partial charge in [-0.05, 0) is 30.3 Å². The van der Waals surface area contributed by atoms with Crippen molar-refractivity contribution < 1.29 is 17.6 Å². The van der Waals surface area contributed by atoms with Crippen LogP contribution >= 0.6 is 0 Å². The summed E-state index contributed by atoms with van der Waals surface area (Å²) in [5, 5.41) is 3.87. The summed E-state index contributed by atoms with van der Waals surface area (Å²) >= 11 is 0. The molecule has 0 bridgehead atoms. The molecule has 7 heteroatoms. The Morgan fingerprint density at radius 1 is 1.25 bits per heavy atom. The average molecular weight is 278 g/mol. The lowest BCUT2D eigenvalue weighted by atomic mass is 10.2. The van der Waals surface area contributed by atoms with E-state index in [0.717, 1.165) is 22.9 Å². The van der Waals surface area contributed by atoms with Crippen molar-refractivity contribution in [1.29, 1.82) is 0 Å². The Morgan fingerprint density at radius 2 is 2.10 bits per heavy atom. The Labute approximate surface area is 111 Å². The van der Waals surface area contributed by atoms with Gasteiger partial charge in [-0.2, -0.15) is 4.68 Å². The summed E-state index contributed by atoms with van der Waals surface area (Å²) in [5.74, 6) is -1.73. The molecule has 102 valence electrons. The van der Waals surface area contributed by atoms with E-state index in [0.29, 0.717) is 0 Å². The van der Waals surface area contributed by atoms with E-state index in [-0.39, 0.29) is 23.8 Å². The Bertz CT molecular complexity index is 790. The van der Waals surface area contributed by atoms with Crippen molar-refractivity contribution in [2.24, 2.45) is 0 Å². The molecule has 0 atom stereocenters. The molecule has 3 aromatic rings. The largest absolute Gasteiger partial charge is 0.459 e. The quantitative estimate of drug-likeness (QED) is 0.738. The number of furan rings is 1. The molecule has 0 aliphatic rings. The normalized spacial score (nSPS) is 10.9. The van der Waals surface area contributed by atoms with Gasteiger partial charge in [0.15, 0.2) is 5.76 Å². The third-order valence-corrected chi connectivity index (χ3v) is 2.67. The standard InChI is InChI=1S/C13H8F2N2O3/c14-9-3-4-10(15)8(6-9)7-17-13(18)20-12(16-17)11-2-1-5-19-11/h1-6H,7H2. The predicted octanol–water partition coefficient (Wildman–Crippen LogP) is 2.42. The number of rotatable bonds is 3. The third-order valence-electron chi connectivity index (χ3n) is 2.67. The molecule has 0 radical (unpaired) electrons. The van der Waals surface area contributed by atoms with Crippen molar-refractivity contribution in [3.05, 3.63) is 64.3 Å². The fourth-order valence-electron chi connectivity index (χ4n) is 1.73. The molecule has 0 spiro atoms. The molecule has 1 aromatic carbocycles. The van der Waals surface area contributed by atoms with Gasteiger partial charge in [0.2, 0.25) is 0 Å². The molecular formula is C13H8F2N2O3. The summed E-state index contributed by atoms with van der Waals surface area (Å²) < 4.78 is 37.4. The molecule has 0 N–H and O–H groups in total. The van der Waals surface area contributed by atoms with Crippen LogP contribution in [0.5, 0.6) is 0 Å². The Morgan fingerprint density at radius 3 is 2.85 bits per heavy atom. The molecule has 2 aromatic heterocycles. The van der Waals surface area contributed by atoms with Crippen molar-refractivity contribution >= 4 is 0 Å². The summed E-state index contributed by atoms with van der Waals surface area (Å²) in [4.78, 5) is 11.6. The molecule has 0 saturated carbocycles. The highest BCUT2D eigenvalue weighted by Crippen LogP contribution is 2.16. The summed E-state index contributed by atoms with van der Waals surface area (Å²) in [7, 11) is 0. The number of halogens is 2. The minimum absolute atomic E-state index is 0.00592. The van der Waals surface area contributed by atoms with Crippen LogP contribution in [0.2, 0.25) is 0 Å². The monoisotopic (exact) mass is 278 g/mol. The van der Waals surface area contributed by atoms with Gasteiger partial charge in [-0.1, -0.05) is 0 Å². The molecule has 0 aliphatic carbocycles. The molecule has 3 rings (SSSR count). The number of benzene rings is 1. The highest BCUT2D eigenvalue weighted by molar-refractivity contribution is 5.42. The van der Waals surface area contributed by atoms with E-state index in [1.54, 1.807) is 12.1 Å². The molecule has 0 fully saturated rings. The van der Waals surface area contributed by atoms with Crippen molar-refractivity contribution in [2.75, 3.05) is 0 Å². The second-order valence-corrected chi connectivity index (χ2v) is 4.04. The van der Waals surface area contributed by atoms with E-state index >= 15 is 0 Å². The minimum atomic E-state index is -0.778. The number of nitrogens with zero attached hydrogens (tertiary/aromatic N) is 2. The van der Waals surface area contributed by atoms with Crippen molar-refractivity contribution in [1.82, 2.24) is 9.78 Å². The van der Waals surface area contributed by atoms with Crippen molar-refractivity contribution in [3.63, 3.8) is 0 Å².